The third-order valence-electron chi connectivity index (χ3n) is 8.37. The number of aryl methyl sites for hydroxylation is 1. The summed E-state index contributed by atoms with van der Waals surface area (Å²) < 4.78 is 5.48. The predicted octanol–water partition coefficient (Wildman–Crippen LogP) is 4.11. The lowest BCUT2D eigenvalue weighted by atomic mass is 9.63. The van der Waals surface area contributed by atoms with E-state index in [1.54, 1.807) is 19.1 Å². The second-order valence-corrected chi connectivity index (χ2v) is 10.6. The minimum absolute atomic E-state index is 0.0714. The first-order valence-electron chi connectivity index (χ1n) is 12.7. The summed E-state index contributed by atoms with van der Waals surface area (Å²) in [5, 5.41) is 0. The summed E-state index contributed by atoms with van der Waals surface area (Å²) >= 11 is 0. The van der Waals surface area contributed by atoms with Crippen LogP contribution in [-0.4, -0.2) is 40.6 Å². The van der Waals surface area contributed by atoms with Crippen molar-refractivity contribution in [3.05, 3.63) is 47.5 Å². The highest BCUT2D eigenvalue weighted by Gasteiger charge is 2.67. The number of amides is 2. The Hall–Kier alpha value is -2.76. The second-order valence-electron chi connectivity index (χ2n) is 10.6. The number of allylic oxidation sites excluding steroid dienone is 2. The fourth-order valence-electron chi connectivity index (χ4n) is 6.55. The van der Waals surface area contributed by atoms with Crippen LogP contribution in [0.3, 0.4) is 0 Å². The molecule has 0 spiro atoms. The van der Waals surface area contributed by atoms with Crippen molar-refractivity contribution in [2.24, 2.45) is 35.5 Å². The van der Waals surface area contributed by atoms with Crippen LogP contribution >= 0.6 is 0 Å². The molecule has 8 atom stereocenters. The lowest BCUT2D eigenvalue weighted by Crippen LogP contribution is -2.43. The molecule has 0 radical (unpaired) electrons. The average Bonchev–Trinajstić information content (AvgIpc) is 3.60. The van der Waals surface area contributed by atoms with Crippen LogP contribution in [0, 0.1) is 42.4 Å². The van der Waals surface area contributed by atoms with E-state index in [1.807, 2.05) is 26.0 Å². The van der Waals surface area contributed by atoms with Gasteiger partial charge in [-0.2, -0.15) is 0 Å². The highest BCUT2D eigenvalue weighted by atomic mass is 16.5. The summed E-state index contributed by atoms with van der Waals surface area (Å²) in [6, 6.07) is 6.62. The van der Waals surface area contributed by atoms with Gasteiger partial charge in [0, 0.05) is 5.56 Å². The Morgan fingerprint density at radius 3 is 2.18 bits per heavy atom. The lowest BCUT2D eigenvalue weighted by molar-refractivity contribution is -0.150. The first kappa shape index (κ1) is 23.0. The molecule has 0 unspecified atom stereocenters. The Balaban J connectivity index is 1.28. The third-order valence-corrected chi connectivity index (χ3v) is 8.37. The van der Waals surface area contributed by atoms with Crippen LogP contribution in [0.5, 0.6) is 0 Å². The van der Waals surface area contributed by atoms with Crippen molar-refractivity contribution in [1.29, 1.82) is 0 Å². The summed E-state index contributed by atoms with van der Waals surface area (Å²) in [6.45, 7) is 5.55. The molecule has 4 aliphatic carbocycles. The van der Waals surface area contributed by atoms with Crippen LogP contribution in [-0.2, 0) is 19.1 Å². The molecular formula is C28H33NO5. The van der Waals surface area contributed by atoms with Crippen molar-refractivity contribution < 1.29 is 23.9 Å². The second kappa shape index (κ2) is 8.79. The number of rotatable bonds is 9. The molecule has 5 aliphatic rings. The van der Waals surface area contributed by atoms with Crippen LogP contribution < -0.4 is 0 Å². The third kappa shape index (κ3) is 3.81. The highest BCUT2D eigenvalue weighted by molar-refractivity contribution is 6.07. The van der Waals surface area contributed by atoms with Gasteiger partial charge in [0.2, 0.25) is 17.6 Å². The molecule has 34 heavy (non-hydrogen) atoms. The lowest BCUT2D eigenvalue weighted by Gasteiger charge is -2.37. The van der Waals surface area contributed by atoms with Crippen LogP contribution in [0.15, 0.2) is 36.4 Å². The average molecular weight is 464 g/mol. The van der Waals surface area contributed by atoms with E-state index in [1.165, 1.54) is 4.90 Å². The molecule has 0 aromatic heterocycles. The molecule has 2 bridgehead atoms. The number of esters is 1. The summed E-state index contributed by atoms with van der Waals surface area (Å²) in [4.78, 5) is 54.0. The van der Waals surface area contributed by atoms with Crippen LogP contribution in [0.4, 0.5) is 0 Å². The monoisotopic (exact) mass is 463 g/mol. The number of nitrogens with zero attached hydrogens (tertiary/aromatic N) is 1. The van der Waals surface area contributed by atoms with Gasteiger partial charge in [-0.15, -0.1) is 0 Å². The molecule has 1 heterocycles. The number of ether oxygens (including phenoxy) is 1. The van der Waals surface area contributed by atoms with Crippen molar-refractivity contribution in [3.63, 3.8) is 0 Å². The van der Waals surface area contributed by atoms with Crippen LogP contribution in [0.2, 0.25) is 0 Å². The van der Waals surface area contributed by atoms with Crippen molar-refractivity contribution >= 4 is 23.6 Å². The molecule has 1 aliphatic heterocycles. The SMILES string of the molecule is CCCC[C@H](CC(=O)O[C@H](C)C(=O)c1ccc(C)cc1)N1C(=O)[C@@H]2[C@H]3C=C[C@@H]([C@@H]4C[C@@H]34)[C@H]2C1=O. The van der Waals surface area contributed by atoms with Crippen LogP contribution in [0.1, 0.15) is 61.9 Å². The van der Waals surface area contributed by atoms with Crippen molar-refractivity contribution in [1.82, 2.24) is 4.90 Å². The molecule has 2 amide bonds. The fraction of sp³-hybridized carbons (Fsp3) is 0.571. The molecule has 180 valence electrons. The maximum Gasteiger partial charge on any atom is 0.308 e. The first-order valence-corrected chi connectivity index (χ1v) is 12.7. The Morgan fingerprint density at radius 2 is 1.62 bits per heavy atom. The van der Waals surface area contributed by atoms with E-state index >= 15 is 0 Å². The Labute approximate surface area is 200 Å². The zero-order valence-electron chi connectivity index (χ0n) is 20.1. The van der Waals surface area contributed by atoms with Gasteiger partial charge in [-0.05, 0) is 50.4 Å². The largest absolute Gasteiger partial charge is 0.454 e. The summed E-state index contributed by atoms with van der Waals surface area (Å²) in [5.41, 5.74) is 1.53. The quantitative estimate of drug-likeness (QED) is 0.238. The normalized spacial score (nSPS) is 32.3. The Morgan fingerprint density at radius 1 is 1.03 bits per heavy atom. The molecule has 3 fully saturated rings. The molecule has 1 aromatic rings. The van der Waals surface area contributed by atoms with Gasteiger partial charge in [0.15, 0.2) is 6.10 Å². The Bertz CT molecular complexity index is 1010. The molecule has 2 saturated carbocycles. The maximum absolute atomic E-state index is 13.5. The van der Waals surface area contributed by atoms with Crippen molar-refractivity contribution in [3.8, 4) is 0 Å². The van der Waals surface area contributed by atoms with E-state index in [9.17, 15) is 19.2 Å². The van der Waals surface area contributed by atoms with E-state index in [-0.39, 0.29) is 47.7 Å². The van der Waals surface area contributed by atoms with Gasteiger partial charge in [-0.3, -0.25) is 24.1 Å². The zero-order valence-corrected chi connectivity index (χ0v) is 20.1. The van der Waals surface area contributed by atoms with E-state index in [0.29, 0.717) is 23.8 Å². The van der Waals surface area contributed by atoms with Gasteiger partial charge in [0.25, 0.3) is 0 Å². The highest BCUT2D eigenvalue weighted by Crippen LogP contribution is 2.65. The maximum atomic E-state index is 13.5. The van der Waals surface area contributed by atoms with Crippen molar-refractivity contribution in [2.75, 3.05) is 0 Å². The van der Waals surface area contributed by atoms with E-state index in [0.717, 1.165) is 24.8 Å². The number of carbonyl (C=O) groups is 4. The molecular weight excluding hydrogens is 430 g/mol. The number of unbranched alkanes of at least 4 members (excludes halogenated alkanes) is 1. The molecule has 1 saturated heterocycles. The number of likely N-dealkylation sites (tertiary alicyclic amines) is 1. The van der Waals surface area contributed by atoms with E-state index in [4.69, 9.17) is 4.74 Å². The zero-order chi connectivity index (χ0) is 24.1. The number of ketones is 1. The summed E-state index contributed by atoms with van der Waals surface area (Å²) in [7, 11) is 0. The van der Waals surface area contributed by atoms with Gasteiger partial charge in [-0.25, -0.2) is 0 Å². The van der Waals surface area contributed by atoms with Gasteiger partial charge >= 0.3 is 5.97 Å². The van der Waals surface area contributed by atoms with Gasteiger partial charge in [-0.1, -0.05) is 61.7 Å². The van der Waals surface area contributed by atoms with Gasteiger partial charge in [0.1, 0.15) is 0 Å². The molecule has 0 N–H and O–H groups in total. The molecule has 6 nitrogen and oxygen atoms in total. The summed E-state index contributed by atoms with van der Waals surface area (Å²) in [6.07, 6.45) is 6.70. The topological polar surface area (TPSA) is 80.8 Å². The van der Waals surface area contributed by atoms with Gasteiger partial charge < -0.3 is 4.74 Å². The van der Waals surface area contributed by atoms with E-state index in [2.05, 4.69) is 12.2 Å². The van der Waals surface area contributed by atoms with Crippen molar-refractivity contribution in [2.45, 2.75) is 65.0 Å². The first-order chi connectivity index (χ1) is 16.3. The minimum Gasteiger partial charge on any atom is -0.454 e. The van der Waals surface area contributed by atoms with Crippen LogP contribution in [0.25, 0.3) is 0 Å². The predicted molar refractivity (Wildman–Crippen MR) is 126 cm³/mol. The Kier molecular flexibility index (Phi) is 5.95. The van der Waals surface area contributed by atoms with E-state index < -0.39 is 18.1 Å². The minimum atomic E-state index is -0.929. The fourth-order valence-corrected chi connectivity index (χ4v) is 6.55. The van der Waals surface area contributed by atoms with Gasteiger partial charge in [0.05, 0.1) is 24.3 Å². The number of hydrogen-bond donors (Lipinski definition) is 0. The summed E-state index contributed by atoms with van der Waals surface area (Å²) in [5.74, 6) is -0.175. The number of Topliss-reactive ketones (excluding diaryl/α,β-unsaturated/α-hetero) is 1. The standard InChI is InChI=1S/C28H33NO5/c1-4-5-6-18(13-23(30)34-16(3)26(31)17-9-7-15(2)8-10-17)29-27(32)24-19-11-12-20(22-14-21(19)22)25(24)28(29)33/h7-12,16,18-22,24-25H,4-6,13-14H2,1-3H3/t16-,18-,19+,20+,21+,22+,24-,25-/m1/s1. The molecule has 6 heteroatoms. The number of imide groups is 1. The molecule has 6 rings (SSSR count). The number of benzene rings is 1. The number of hydrogen-bond acceptors (Lipinski definition) is 5. The molecule has 1 aromatic carbocycles. The number of carbonyl (C=O) groups excluding carboxylic acids is 4. The smallest absolute Gasteiger partial charge is 0.308 e.